The molecule has 0 bridgehead atoms. The normalized spacial score (nSPS) is 11.1. The number of rotatable bonds is 11. The fourth-order valence-electron chi connectivity index (χ4n) is 4.45. The highest BCUT2D eigenvalue weighted by Crippen LogP contribution is 2.32. The van der Waals surface area contributed by atoms with Crippen molar-refractivity contribution < 1.29 is 0 Å². The molecule has 0 aliphatic rings. The van der Waals surface area contributed by atoms with Crippen molar-refractivity contribution in [3.63, 3.8) is 0 Å². The average molecular weight is 561 g/mol. The third-order valence-corrected chi connectivity index (χ3v) is 8.29. The SMILES string of the molecule is c1ccc(CCSc2nnc(-c3nnc(SCCc4ccccc4)n3-c3ccccc3)n2-c2ccccc2)cc1. The number of nitrogens with zero attached hydrogens (tertiary/aromatic N) is 6. The van der Waals surface area contributed by atoms with Gasteiger partial charge >= 0.3 is 0 Å². The number of para-hydroxylation sites is 2. The highest BCUT2D eigenvalue weighted by atomic mass is 32.2. The van der Waals surface area contributed by atoms with Gasteiger partial charge in [0.1, 0.15) is 0 Å². The Kier molecular flexibility index (Phi) is 8.36. The van der Waals surface area contributed by atoms with Gasteiger partial charge in [-0.3, -0.25) is 9.13 Å². The lowest BCUT2D eigenvalue weighted by molar-refractivity contribution is 0.868. The Morgan fingerprint density at radius 3 is 1.15 bits per heavy atom. The maximum absolute atomic E-state index is 4.68. The summed E-state index contributed by atoms with van der Waals surface area (Å²) in [4.78, 5) is 0. The molecule has 0 amide bonds. The molecular formula is C32H28N6S2. The van der Waals surface area contributed by atoms with Gasteiger partial charge in [0.2, 0.25) is 11.6 Å². The van der Waals surface area contributed by atoms with E-state index < -0.39 is 0 Å². The van der Waals surface area contributed by atoms with Gasteiger partial charge in [0.05, 0.1) is 0 Å². The van der Waals surface area contributed by atoms with Gasteiger partial charge in [-0.05, 0) is 48.2 Å². The van der Waals surface area contributed by atoms with Crippen LogP contribution in [0.25, 0.3) is 23.0 Å². The molecule has 0 N–H and O–H groups in total. The molecule has 0 aliphatic carbocycles. The Labute approximate surface area is 242 Å². The van der Waals surface area contributed by atoms with Crippen LogP contribution in [0.1, 0.15) is 11.1 Å². The highest BCUT2D eigenvalue weighted by molar-refractivity contribution is 7.99. The molecule has 198 valence electrons. The summed E-state index contributed by atoms with van der Waals surface area (Å²) in [6.07, 6.45) is 1.90. The van der Waals surface area contributed by atoms with Gasteiger partial charge in [-0.2, -0.15) is 0 Å². The van der Waals surface area contributed by atoms with Crippen LogP contribution in [0.3, 0.4) is 0 Å². The lowest BCUT2D eigenvalue weighted by Crippen LogP contribution is -2.06. The summed E-state index contributed by atoms with van der Waals surface area (Å²) < 4.78 is 4.19. The van der Waals surface area contributed by atoms with Crippen LogP contribution in [0.2, 0.25) is 0 Å². The van der Waals surface area contributed by atoms with Gasteiger partial charge in [-0.1, -0.05) is 121 Å². The van der Waals surface area contributed by atoms with E-state index in [4.69, 9.17) is 0 Å². The first-order chi connectivity index (χ1) is 19.9. The Morgan fingerprint density at radius 2 is 0.775 bits per heavy atom. The molecule has 6 aromatic rings. The standard InChI is InChI=1S/C32H28N6S2/c1-5-13-25(14-6-1)21-23-39-31-35-33-29(37(31)27-17-9-3-10-18-27)30-34-36-32(38(30)28-19-11-4-12-20-28)40-24-22-26-15-7-2-8-16-26/h1-20H,21-24H2. The van der Waals surface area contributed by atoms with Gasteiger partial charge in [-0.15, -0.1) is 20.4 Å². The molecule has 0 radical (unpaired) electrons. The zero-order valence-electron chi connectivity index (χ0n) is 21.9. The van der Waals surface area contributed by atoms with Gasteiger partial charge in [0.15, 0.2) is 10.3 Å². The van der Waals surface area contributed by atoms with Crippen LogP contribution in [-0.2, 0) is 12.8 Å². The number of hydrogen-bond donors (Lipinski definition) is 0. The molecule has 8 heteroatoms. The monoisotopic (exact) mass is 560 g/mol. The lowest BCUT2D eigenvalue weighted by Gasteiger charge is -2.12. The smallest absolute Gasteiger partial charge is 0.207 e. The van der Waals surface area contributed by atoms with E-state index in [0.717, 1.165) is 46.0 Å². The van der Waals surface area contributed by atoms with E-state index in [2.05, 4.69) is 102 Å². The van der Waals surface area contributed by atoms with E-state index >= 15 is 0 Å². The molecule has 0 spiro atoms. The molecule has 6 rings (SSSR count). The number of benzene rings is 4. The zero-order valence-corrected chi connectivity index (χ0v) is 23.5. The molecule has 0 unspecified atom stereocenters. The van der Waals surface area contributed by atoms with E-state index in [9.17, 15) is 0 Å². The topological polar surface area (TPSA) is 61.4 Å². The molecule has 0 fully saturated rings. The van der Waals surface area contributed by atoms with E-state index in [0.29, 0.717) is 11.6 Å². The maximum atomic E-state index is 4.68. The quantitative estimate of drug-likeness (QED) is 0.156. The average Bonchev–Trinajstić information content (AvgIpc) is 3.63. The molecule has 0 atom stereocenters. The van der Waals surface area contributed by atoms with E-state index in [1.165, 1.54) is 11.1 Å². The van der Waals surface area contributed by atoms with Crippen LogP contribution in [0.15, 0.2) is 132 Å². The van der Waals surface area contributed by atoms with Crippen LogP contribution in [0.5, 0.6) is 0 Å². The summed E-state index contributed by atoms with van der Waals surface area (Å²) in [5, 5.41) is 20.3. The van der Waals surface area contributed by atoms with Crippen molar-refractivity contribution in [2.45, 2.75) is 23.2 Å². The molecule has 0 aliphatic heterocycles. The number of aryl methyl sites for hydroxylation is 2. The third kappa shape index (κ3) is 6.03. The fraction of sp³-hybridized carbons (Fsp3) is 0.125. The van der Waals surface area contributed by atoms with Gasteiger partial charge in [0, 0.05) is 22.9 Å². The van der Waals surface area contributed by atoms with E-state index in [1.54, 1.807) is 23.5 Å². The molecule has 0 saturated carbocycles. The van der Waals surface area contributed by atoms with Crippen molar-refractivity contribution in [3.8, 4) is 23.0 Å². The minimum atomic E-state index is 0.666. The second-order valence-electron chi connectivity index (χ2n) is 9.12. The molecule has 40 heavy (non-hydrogen) atoms. The summed E-state index contributed by atoms with van der Waals surface area (Å²) in [7, 11) is 0. The summed E-state index contributed by atoms with van der Waals surface area (Å²) in [6, 6.07) is 41.5. The first kappa shape index (κ1) is 26.1. The minimum Gasteiger partial charge on any atom is -0.267 e. The van der Waals surface area contributed by atoms with Gasteiger partial charge in [-0.25, -0.2) is 0 Å². The minimum absolute atomic E-state index is 0.666. The van der Waals surface area contributed by atoms with Crippen molar-refractivity contribution in [2.24, 2.45) is 0 Å². The van der Waals surface area contributed by atoms with Crippen LogP contribution in [-0.4, -0.2) is 41.0 Å². The van der Waals surface area contributed by atoms with Crippen molar-refractivity contribution in [1.29, 1.82) is 0 Å². The molecule has 0 saturated heterocycles. The summed E-state index contributed by atoms with van der Waals surface area (Å²) in [5.74, 6) is 3.11. The Bertz CT molecular complexity index is 1510. The number of hydrogen-bond acceptors (Lipinski definition) is 6. The third-order valence-electron chi connectivity index (χ3n) is 6.42. The van der Waals surface area contributed by atoms with Gasteiger partial charge in [0.25, 0.3) is 0 Å². The summed E-state index contributed by atoms with van der Waals surface area (Å²) in [6.45, 7) is 0. The summed E-state index contributed by atoms with van der Waals surface area (Å²) >= 11 is 3.40. The predicted octanol–water partition coefficient (Wildman–Crippen LogP) is 7.18. The maximum Gasteiger partial charge on any atom is 0.207 e. The largest absolute Gasteiger partial charge is 0.267 e. The van der Waals surface area contributed by atoms with E-state index in [-0.39, 0.29) is 0 Å². The molecular weight excluding hydrogens is 533 g/mol. The first-order valence-corrected chi connectivity index (χ1v) is 15.2. The van der Waals surface area contributed by atoms with Crippen molar-refractivity contribution >= 4 is 23.5 Å². The molecule has 2 aromatic heterocycles. The number of thioether (sulfide) groups is 2. The first-order valence-electron chi connectivity index (χ1n) is 13.2. The molecule has 6 nitrogen and oxygen atoms in total. The lowest BCUT2D eigenvalue weighted by atomic mass is 10.2. The Balaban J connectivity index is 1.35. The van der Waals surface area contributed by atoms with Crippen molar-refractivity contribution in [3.05, 3.63) is 132 Å². The molecule has 2 heterocycles. The fourth-order valence-corrected chi connectivity index (χ4v) is 6.33. The van der Waals surface area contributed by atoms with Crippen LogP contribution >= 0.6 is 23.5 Å². The van der Waals surface area contributed by atoms with Crippen LogP contribution < -0.4 is 0 Å². The van der Waals surface area contributed by atoms with Crippen molar-refractivity contribution in [2.75, 3.05) is 11.5 Å². The molecule has 4 aromatic carbocycles. The Morgan fingerprint density at radius 1 is 0.425 bits per heavy atom. The van der Waals surface area contributed by atoms with E-state index in [1.807, 2.05) is 48.5 Å². The summed E-state index contributed by atoms with van der Waals surface area (Å²) in [5.41, 5.74) is 4.60. The second-order valence-corrected chi connectivity index (χ2v) is 11.2. The Hall–Kier alpha value is -4.14. The van der Waals surface area contributed by atoms with Crippen LogP contribution in [0.4, 0.5) is 0 Å². The highest BCUT2D eigenvalue weighted by Gasteiger charge is 2.24. The van der Waals surface area contributed by atoms with Crippen molar-refractivity contribution in [1.82, 2.24) is 29.5 Å². The predicted molar refractivity (Wildman–Crippen MR) is 163 cm³/mol. The second kappa shape index (κ2) is 12.8. The van der Waals surface area contributed by atoms with Crippen LogP contribution in [0, 0.1) is 0 Å². The number of aromatic nitrogens is 6. The zero-order chi connectivity index (χ0) is 27.0. The van der Waals surface area contributed by atoms with Gasteiger partial charge < -0.3 is 0 Å².